The molecule has 0 amide bonds. The van der Waals surface area contributed by atoms with Crippen LogP contribution in [0.4, 0.5) is 0 Å². The highest BCUT2D eigenvalue weighted by Gasteiger charge is 2.24. The summed E-state index contributed by atoms with van der Waals surface area (Å²) in [6.45, 7) is 0.987. The van der Waals surface area contributed by atoms with E-state index in [0.29, 0.717) is 6.04 Å². The van der Waals surface area contributed by atoms with E-state index in [2.05, 4.69) is 10.2 Å². The average molecular weight is 152 g/mol. The molecule has 1 saturated carbocycles. The van der Waals surface area contributed by atoms with Crippen molar-refractivity contribution in [3.8, 4) is 0 Å². The van der Waals surface area contributed by atoms with E-state index in [4.69, 9.17) is 0 Å². The van der Waals surface area contributed by atoms with Gasteiger partial charge in [0.2, 0.25) is 0 Å². The lowest BCUT2D eigenvalue weighted by Crippen LogP contribution is -2.19. The fourth-order valence-electron chi connectivity index (χ4n) is 2.26. The Morgan fingerprint density at radius 1 is 0.909 bits per heavy atom. The summed E-state index contributed by atoms with van der Waals surface area (Å²) in [4.78, 5) is 0. The van der Waals surface area contributed by atoms with Gasteiger partial charge in [0.25, 0.3) is 0 Å². The molecule has 0 radical (unpaired) electrons. The van der Waals surface area contributed by atoms with E-state index in [1.165, 1.54) is 38.5 Å². The second kappa shape index (κ2) is 3.33. The Hall–Kier alpha value is -0.400. The van der Waals surface area contributed by atoms with Crippen molar-refractivity contribution < 1.29 is 0 Å². The predicted molar refractivity (Wildman–Crippen MR) is 44.7 cm³/mol. The van der Waals surface area contributed by atoms with Gasteiger partial charge < -0.3 is 0 Å². The Balaban J connectivity index is 1.87. The zero-order valence-corrected chi connectivity index (χ0v) is 7.00. The van der Waals surface area contributed by atoms with Crippen LogP contribution in [0.25, 0.3) is 0 Å². The Morgan fingerprint density at radius 3 is 2.36 bits per heavy atom. The Kier molecular flexibility index (Phi) is 2.20. The molecule has 11 heavy (non-hydrogen) atoms. The standard InChI is InChI=1S/C9H16N2/c1-2-4-8(5-3-1)9-6-7-10-11-9/h8-9H,1-7H2. The molecule has 0 spiro atoms. The third-order valence-electron chi connectivity index (χ3n) is 2.95. The minimum Gasteiger partial charge on any atom is -0.194 e. The molecule has 1 unspecified atom stereocenters. The third-order valence-corrected chi connectivity index (χ3v) is 2.95. The van der Waals surface area contributed by atoms with Gasteiger partial charge in [-0.3, -0.25) is 0 Å². The molecule has 0 N–H and O–H groups in total. The van der Waals surface area contributed by atoms with Gasteiger partial charge >= 0.3 is 0 Å². The van der Waals surface area contributed by atoms with Gasteiger partial charge in [-0.1, -0.05) is 19.3 Å². The minimum atomic E-state index is 0.607. The molecular formula is C9H16N2. The van der Waals surface area contributed by atoms with E-state index in [0.717, 1.165) is 12.5 Å². The Bertz CT molecular complexity index is 148. The summed E-state index contributed by atoms with van der Waals surface area (Å²) < 4.78 is 0. The van der Waals surface area contributed by atoms with Gasteiger partial charge in [0.15, 0.2) is 0 Å². The molecule has 1 atom stereocenters. The molecule has 0 aromatic heterocycles. The normalized spacial score (nSPS) is 32.9. The van der Waals surface area contributed by atoms with Gasteiger partial charge in [-0.15, -0.1) is 0 Å². The highest BCUT2D eigenvalue weighted by Crippen LogP contribution is 2.31. The summed E-state index contributed by atoms with van der Waals surface area (Å²) in [6.07, 6.45) is 8.34. The molecule has 2 rings (SSSR count). The molecule has 0 aromatic carbocycles. The van der Waals surface area contributed by atoms with Gasteiger partial charge in [-0.05, 0) is 25.2 Å². The number of nitrogens with zero attached hydrogens (tertiary/aromatic N) is 2. The summed E-state index contributed by atoms with van der Waals surface area (Å²) in [5.74, 6) is 0.884. The molecule has 2 aliphatic rings. The van der Waals surface area contributed by atoms with Crippen LogP contribution in [-0.2, 0) is 0 Å². The number of hydrogen-bond donors (Lipinski definition) is 0. The fraction of sp³-hybridized carbons (Fsp3) is 1.00. The van der Waals surface area contributed by atoms with Gasteiger partial charge in [-0.25, -0.2) is 0 Å². The minimum absolute atomic E-state index is 0.607. The SMILES string of the molecule is C1CCC(C2CCN=N2)CC1. The van der Waals surface area contributed by atoms with E-state index in [-0.39, 0.29) is 0 Å². The number of azo groups is 1. The summed E-state index contributed by atoms with van der Waals surface area (Å²) in [6, 6.07) is 0.607. The van der Waals surface area contributed by atoms with Crippen molar-refractivity contribution >= 4 is 0 Å². The molecule has 2 heteroatoms. The first kappa shape index (κ1) is 7.26. The van der Waals surface area contributed by atoms with Crippen LogP contribution in [0.1, 0.15) is 38.5 Å². The highest BCUT2D eigenvalue weighted by molar-refractivity contribution is 4.81. The zero-order chi connectivity index (χ0) is 7.52. The van der Waals surface area contributed by atoms with Crippen LogP contribution in [0, 0.1) is 5.92 Å². The van der Waals surface area contributed by atoms with E-state index in [1.54, 1.807) is 0 Å². The Morgan fingerprint density at radius 2 is 1.73 bits per heavy atom. The maximum Gasteiger partial charge on any atom is 0.0754 e. The van der Waals surface area contributed by atoms with E-state index < -0.39 is 0 Å². The maximum absolute atomic E-state index is 4.28. The summed E-state index contributed by atoms with van der Waals surface area (Å²) in [5.41, 5.74) is 0. The molecule has 0 aromatic rings. The van der Waals surface area contributed by atoms with Gasteiger partial charge in [0.1, 0.15) is 0 Å². The van der Waals surface area contributed by atoms with Crippen LogP contribution in [0.15, 0.2) is 10.2 Å². The first-order valence-electron chi connectivity index (χ1n) is 4.83. The van der Waals surface area contributed by atoms with Gasteiger partial charge in [0.05, 0.1) is 12.6 Å². The molecule has 0 bridgehead atoms. The van der Waals surface area contributed by atoms with Gasteiger partial charge in [0, 0.05) is 0 Å². The van der Waals surface area contributed by atoms with E-state index >= 15 is 0 Å². The zero-order valence-electron chi connectivity index (χ0n) is 7.00. The quantitative estimate of drug-likeness (QED) is 0.552. The van der Waals surface area contributed by atoms with Crippen molar-refractivity contribution in [1.82, 2.24) is 0 Å². The van der Waals surface area contributed by atoms with E-state index in [1.807, 2.05) is 0 Å². The molecule has 1 fully saturated rings. The molecule has 62 valence electrons. The van der Waals surface area contributed by atoms with Crippen molar-refractivity contribution in [2.75, 3.05) is 6.54 Å². The maximum atomic E-state index is 4.28. The van der Waals surface area contributed by atoms with Gasteiger partial charge in [-0.2, -0.15) is 10.2 Å². The summed E-state index contributed by atoms with van der Waals surface area (Å²) in [7, 11) is 0. The van der Waals surface area contributed by atoms with Crippen LogP contribution < -0.4 is 0 Å². The molecule has 1 aliphatic carbocycles. The van der Waals surface area contributed by atoms with Crippen molar-refractivity contribution in [2.24, 2.45) is 16.1 Å². The van der Waals surface area contributed by atoms with E-state index in [9.17, 15) is 0 Å². The first-order valence-corrected chi connectivity index (χ1v) is 4.83. The third kappa shape index (κ3) is 1.60. The fourth-order valence-corrected chi connectivity index (χ4v) is 2.26. The van der Waals surface area contributed by atoms with Crippen molar-refractivity contribution in [3.05, 3.63) is 0 Å². The van der Waals surface area contributed by atoms with Crippen LogP contribution in [-0.4, -0.2) is 12.6 Å². The van der Waals surface area contributed by atoms with Crippen molar-refractivity contribution in [3.63, 3.8) is 0 Å². The van der Waals surface area contributed by atoms with Crippen LogP contribution in [0.2, 0.25) is 0 Å². The lowest BCUT2D eigenvalue weighted by Gasteiger charge is -2.24. The summed E-state index contributed by atoms with van der Waals surface area (Å²) >= 11 is 0. The molecule has 2 nitrogen and oxygen atoms in total. The molecule has 1 heterocycles. The summed E-state index contributed by atoms with van der Waals surface area (Å²) in [5, 5.41) is 8.35. The van der Waals surface area contributed by atoms with Crippen LogP contribution in [0.3, 0.4) is 0 Å². The monoisotopic (exact) mass is 152 g/mol. The topological polar surface area (TPSA) is 24.7 Å². The second-order valence-corrected chi connectivity index (χ2v) is 3.73. The second-order valence-electron chi connectivity index (χ2n) is 3.73. The highest BCUT2D eigenvalue weighted by atomic mass is 15.2. The average Bonchev–Trinajstić information content (AvgIpc) is 2.58. The molecule has 1 aliphatic heterocycles. The van der Waals surface area contributed by atoms with Crippen LogP contribution >= 0.6 is 0 Å². The molecular weight excluding hydrogens is 136 g/mol. The lowest BCUT2D eigenvalue weighted by molar-refractivity contribution is 0.306. The lowest BCUT2D eigenvalue weighted by atomic mass is 9.83. The number of hydrogen-bond acceptors (Lipinski definition) is 2. The molecule has 0 saturated heterocycles. The van der Waals surface area contributed by atoms with Crippen molar-refractivity contribution in [2.45, 2.75) is 44.6 Å². The van der Waals surface area contributed by atoms with Crippen molar-refractivity contribution in [1.29, 1.82) is 0 Å². The Labute approximate surface area is 68.1 Å². The first-order chi connectivity index (χ1) is 5.47. The largest absolute Gasteiger partial charge is 0.194 e. The van der Waals surface area contributed by atoms with Crippen LogP contribution in [0.5, 0.6) is 0 Å². The number of rotatable bonds is 1. The smallest absolute Gasteiger partial charge is 0.0754 e. The predicted octanol–water partition coefficient (Wildman–Crippen LogP) is 2.79.